The number of amides is 1. The molecule has 2 nitrogen and oxygen atoms in total. The van der Waals surface area contributed by atoms with Gasteiger partial charge in [-0.3, -0.25) is 4.79 Å². The van der Waals surface area contributed by atoms with Crippen molar-refractivity contribution in [2.24, 2.45) is 5.92 Å². The van der Waals surface area contributed by atoms with E-state index in [-0.39, 0.29) is 11.8 Å². The third-order valence-corrected chi connectivity index (χ3v) is 2.64. The van der Waals surface area contributed by atoms with Gasteiger partial charge >= 0.3 is 0 Å². The largest absolute Gasteiger partial charge is 0.326 e. The molecule has 0 saturated carbocycles. The van der Waals surface area contributed by atoms with Crippen LogP contribution in [-0.2, 0) is 4.79 Å². The van der Waals surface area contributed by atoms with Gasteiger partial charge in [-0.05, 0) is 25.5 Å². The number of allylic oxidation sites excluding steroid dienone is 3. The molecule has 0 bridgehead atoms. The van der Waals surface area contributed by atoms with Gasteiger partial charge in [-0.2, -0.15) is 0 Å². The van der Waals surface area contributed by atoms with E-state index in [9.17, 15) is 4.79 Å². The molecule has 1 aromatic rings. The third-order valence-electron chi connectivity index (χ3n) is 2.64. The van der Waals surface area contributed by atoms with E-state index in [2.05, 4.69) is 5.32 Å². The maximum Gasteiger partial charge on any atom is 0.231 e. The summed E-state index contributed by atoms with van der Waals surface area (Å²) in [6.45, 7) is 2.03. The van der Waals surface area contributed by atoms with Crippen LogP contribution < -0.4 is 5.32 Å². The lowest BCUT2D eigenvalue weighted by atomic mass is 10.00. The lowest BCUT2D eigenvalue weighted by molar-refractivity contribution is -0.118. The Kier molecular flexibility index (Phi) is 3.20. The third kappa shape index (κ3) is 2.60. The highest BCUT2D eigenvalue weighted by Gasteiger charge is 2.14. The zero-order valence-corrected chi connectivity index (χ0v) is 9.31. The molecule has 0 radical (unpaired) electrons. The lowest BCUT2D eigenvalue weighted by Crippen LogP contribution is -2.21. The standard InChI is InChI=1S/C14H15NO/c1-11-7-9-13(10-8-11)15-14(16)12-5-3-2-4-6-12/h2-5,7-10,12H,6H2,1H3,(H,15,16). The summed E-state index contributed by atoms with van der Waals surface area (Å²) < 4.78 is 0. The molecular weight excluding hydrogens is 198 g/mol. The van der Waals surface area contributed by atoms with E-state index in [1.54, 1.807) is 0 Å². The van der Waals surface area contributed by atoms with E-state index in [4.69, 9.17) is 0 Å². The molecule has 2 heteroatoms. The minimum Gasteiger partial charge on any atom is -0.326 e. The zero-order valence-electron chi connectivity index (χ0n) is 9.31. The van der Waals surface area contributed by atoms with E-state index < -0.39 is 0 Å². The van der Waals surface area contributed by atoms with Crippen molar-refractivity contribution in [3.8, 4) is 0 Å². The van der Waals surface area contributed by atoms with Gasteiger partial charge in [0.25, 0.3) is 0 Å². The molecule has 0 fully saturated rings. The van der Waals surface area contributed by atoms with E-state index in [0.29, 0.717) is 0 Å². The molecular formula is C14H15NO. The topological polar surface area (TPSA) is 29.1 Å². The molecule has 1 N–H and O–H groups in total. The minimum atomic E-state index is -0.0358. The van der Waals surface area contributed by atoms with Crippen LogP contribution in [-0.4, -0.2) is 5.91 Å². The molecule has 82 valence electrons. The molecule has 2 rings (SSSR count). The van der Waals surface area contributed by atoms with Crippen molar-refractivity contribution in [1.29, 1.82) is 0 Å². The highest BCUT2D eigenvalue weighted by molar-refractivity contribution is 5.93. The Morgan fingerprint density at radius 3 is 2.62 bits per heavy atom. The molecule has 0 spiro atoms. The van der Waals surface area contributed by atoms with Crippen LogP contribution in [0.2, 0.25) is 0 Å². The molecule has 0 aliphatic heterocycles. The van der Waals surface area contributed by atoms with Crippen molar-refractivity contribution in [3.05, 3.63) is 54.1 Å². The molecule has 1 aromatic carbocycles. The Morgan fingerprint density at radius 2 is 2.00 bits per heavy atom. The van der Waals surface area contributed by atoms with Gasteiger partial charge in [0.05, 0.1) is 5.92 Å². The maximum absolute atomic E-state index is 11.9. The van der Waals surface area contributed by atoms with Gasteiger partial charge in [-0.15, -0.1) is 0 Å². The van der Waals surface area contributed by atoms with Crippen LogP contribution in [0.4, 0.5) is 5.69 Å². The van der Waals surface area contributed by atoms with Crippen molar-refractivity contribution >= 4 is 11.6 Å². The average Bonchev–Trinajstić information content (AvgIpc) is 2.33. The molecule has 1 unspecified atom stereocenters. The van der Waals surface area contributed by atoms with Crippen molar-refractivity contribution in [3.63, 3.8) is 0 Å². The Bertz CT molecular complexity index is 429. The summed E-state index contributed by atoms with van der Waals surface area (Å²) in [4.78, 5) is 11.9. The molecule has 0 aromatic heterocycles. The minimum absolute atomic E-state index is 0.0358. The van der Waals surface area contributed by atoms with Gasteiger partial charge in [0.2, 0.25) is 5.91 Å². The summed E-state index contributed by atoms with van der Waals surface area (Å²) in [7, 11) is 0. The van der Waals surface area contributed by atoms with Crippen molar-refractivity contribution in [1.82, 2.24) is 0 Å². The molecule has 0 heterocycles. The summed E-state index contributed by atoms with van der Waals surface area (Å²) in [6, 6.07) is 7.84. The van der Waals surface area contributed by atoms with Crippen molar-refractivity contribution in [2.45, 2.75) is 13.3 Å². The number of rotatable bonds is 2. The van der Waals surface area contributed by atoms with Crippen LogP contribution in [0.1, 0.15) is 12.0 Å². The fourth-order valence-corrected chi connectivity index (χ4v) is 1.65. The first-order chi connectivity index (χ1) is 7.75. The van der Waals surface area contributed by atoms with Crippen LogP contribution in [0.3, 0.4) is 0 Å². The zero-order chi connectivity index (χ0) is 11.4. The van der Waals surface area contributed by atoms with Gasteiger partial charge in [0.15, 0.2) is 0 Å². The van der Waals surface area contributed by atoms with Crippen LogP contribution in [0.15, 0.2) is 48.6 Å². The van der Waals surface area contributed by atoms with E-state index in [0.717, 1.165) is 12.1 Å². The summed E-state index contributed by atoms with van der Waals surface area (Å²) in [6.07, 6.45) is 8.62. The lowest BCUT2D eigenvalue weighted by Gasteiger charge is -2.13. The fraction of sp³-hybridized carbons (Fsp3) is 0.214. The van der Waals surface area contributed by atoms with Crippen molar-refractivity contribution < 1.29 is 4.79 Å². The quantitative estimate of drug-likeness (QED) is 0.803. The average molecular weight is 213 g/mol. The first-order valence-electron chi connectivity index (χ1n) is 5.46. The Labute approximate surface area is 95.7 Å². The number of nitrogens with one attached hydrogen (secondary N) is 1. The number of carbonyl (C=O) groups is 1. The predicted molar refractivity (Wildman–Crippen MR) is 66.2 cm³/mol. The van der Waals surface area contributed by atoms with E-state index in [1.807, 2.05) is 55.5 Å². The second kappa shape index (κ2) is 4.79. The molecule has 1 atom stereocenters. The van der Waals surface area contributed by atoms with Gasteiger partial charge in [0.1, 0.15) is 0 Å². The van der Waals surface area contributed by atoms with Crippen LogP contribution in [0.25, 0.3) is 0 Å². The number of anilines is 1. The number of aryl methyl sites for hydroxylation is 1. The van der Waals surface area contributed by atoms with Crippen LogP contribution in [0, 0.1) is 12.8 Å². The van der Waals surface area contributed by atoms with Gasteiger partial charge in [-0.1, -0.05) is 42.0 Å². The predicted octanol–water partition coefficient (Wildman–Crippen LogP) is 3.07. The van der Waals surface area contributed by atoms with Crippen LogP contribution >= 0.6 is 0 Å². The van der Waals surface area contributed by atoms with Gasteiger partial charge < -0.3 is 5.32 Å². The van der Waals surface area contributed by atoms with Crippen molar-refractivity contribution in [2.75, 3.05) is 5.32 Å². The highest BCUT2D eigenvalue weighted by Crippen LogP contribution is 2.15. The highest BCUT2D eigenvalue weighted by atomic mass is 16.1. The van der Waals surface area contributed by atoms with Gasteiger partial charge in [-0.25, -0.2) is 0 Å². The number of carbonyl (C=O) groups excluding carboxylic acids is 1. The monoisotopic (exact) mass is 213 g/mol. The van der Waals surface area contributed by atoms with E-state index in [1.165, 1.54) is 5.56 Å². The first kappa shape index (κ1) is 10.7. The molecule has 16 heavy (non-hydrogen) atoms. The second-order valence-electron chi connectivity index (χ2n) is 4.01. The Balaban J connectivity index is 1.99. The van der Waals surface area contributed by atoms with E-state index >= 15 is 0 Å². The molecule has 0 saturated heterocycles. The normalized spacial score (nSPS) is 18.4. The Morgan fingerprint density at radius 1 is 1.25 bits per heavy atom. The summed E-state index contributed by atoms with van der Waals surface area (Å²) in [5.41, 5.74) is 2.05. The van der Waals surface area contributed by atoms with Crippen LogP contribution in [0.5, 0.6) is 0 Å². The SMILES string of the molecule is Cc1ccc(NC(=O)C2C=CC=CC2)cc1. The van der Waals surface area contributed by atoms with Gasteiger partial charge in [0, 0.05) is 5.69 Å². The first-order valence-corrected chi connectivity index (χ1v) is 5.46. The second-order valence-corrected chi connectivity index (χ2v) is 4.01. The number of hydrogen-bond acceptors (Lipinski definition) is 1. The molecule has 1 amide bonds. The Hall–Kier alpha value is -1.83. The number of hydrogen-bond donors (Lipinski definition) is 1. The number of benzene rings is 1. The summed E-state index contributed by atoms with van der Waals surface area (Å²) in [5, 5.41) is 2.91. The maximum atomic E-state index is 11.9. The molecule has 1 aliphatic carbocycles. The smallest absolute Gasteiger partial charge is 0.231 e. The fourth-order valence-electron chi connectivity index (χ4n) is 1.65. The summed E-state index contributed by atoms with van der Waals surface area (Å²) in [5.74, 6) is 0.0238. The molecule has 1 aliphatic rings. The summed E-state index contributed by atoms with van der Waals surface area (Å²) >= 11 is 0.